The second-order valence-electron chi connectivity index (χ2n) is 5.12. The van der Waals surface area contributed by atoms with Crippen LogP contribution < -0.4 is 4.74 Å². The summed E-state index contributed by atoms with van der Waals surface area (Å²) in [4.78, 5) is 14.3. The molecule has 1 aromatic rings. The van der Waals surface area contributed by atoms with E-state index in [2.05, 4.69) is 4.90 Å². The molecule has 1 aliphatic heterocycles. The van der Waals surface area contributed by atoms with Crippen molar-refractivity contribution < 1.29 is 14.3 Å². The number of ketones is 1. The van der Waals surface area contributed by atoms with E-state index in [4.69, 9.17) is 21.1 Å². The van der Waals surface area contributed by atoms with Crippen LogP contribution in [-0.2, 0) is 4.74 Å². The van der Waals surface area contributed by atoms with Gasteiger partial charge in [-0.2, -0.15) is 0 Å². The van der Waals surface area contributed by atoms with Gasteiger partial charge in [0.1, 0.15) is 5.75 Å². The van der Waals surface area contributed by atoms with E-state index in [1.807, 2.05) is 14.0 Å². The highest BCUT2D eigenvalue weighted by molar-refractivity contribution is 6.32. The van der Waals surface area contributed by atoms with Gasteiger partial charge in [0.25, 0.3) is 0 Å². The van der Waals surface area contributed by atoms with Crippen molar-refractivity contribution in [2.45, 2.75) is 25.5 Å². The van der Waals surface area contributed by atoms with Crippen molar-refractivity contribution in [3.63, 3.8) is 0 Å². The van der Waals surface area contributed by atoms with Crippen molar-refractivity contribution in [3.05, 3.63) is 28.8 Å². The van der Waals surface area contributed by atoms with Gasteiger partial charge in [0.15, 0.2) is 5.78 Å². The predicted octanol–water partition coefficient (Wildman–Crippen LogP) is 2.64. The smallest absolute Gasteiger partial charge is 0.176 e. The normalized spacial score (nSPS) is 22.2. The van der Waals surface area contributed by atoms with Crippen LogP contribution in [0.3, 0.4) is 0 Å². The third-order valence-corrected chi connectivity index (χ3v) is 4.06. The molecule has 0 radical (unpaired) electrons. The Balaban J connectivity index is 2.02. The first-order chi connectivity index (χ1) is 9.52. The van der Waals surface area contributed by atoms with Crippen molar-refractivity contribution >= 4 is 17.4 Å². The summed E-state index contributed by atoms with van der Waals surface area (Å²) in [6.45, 7) is 3.17. The average molecular weight is 298 g/mol. The number of nitrogens with zero attached hydrogens (tertiary/aromatic N) is 1. The van der Waals surface area contributed by atoms with E-state index < -0.39 is 0 Å². The van der Waals surface area contributed by atoms with Gasteiger partial charge in [-0.15, -0.1) is 0 Å². The van der Waals surface area contributed by atoms with Crippen LogP contribution in [0.5, 0.6) is 5.75 Å². The fourth-order valence-corrected chi connectivity index (χ4v) is 2.83. The van der Waals surface area contributed by atoms with Gasteiger partial charge in [0, 0.05) is 18.2 Å². The van der Waals surface area contributed by atoms with E-state index in [-0.39, 0.29) is 11.9 Å². The number of halogens is 1. The predicted molar refractivity (Wildman–Crippen MR) is 78.8 cm³/mol. The Kier molecular flexibility index (Phi) is 5.02. The molecule has 0 bridgehead atoms. The molecule has 110 valence electrons. The van der Waals surface area contributed by atoms with Crippen molar-refractivity contribution in [2.75, 3.05) is 27.3 Å². The number of Topliss-reactive ketones (excluding diaryl/α,β-unsaturated/α-hetero) is 1. The van der Waals surface area contributed by atoms with Crippen LogP contribution >= 0.6 is 11.6 Å². The van der Waals surface area contributed by atoms with Gasteiger partial charge in [-0.1, -0.05) is 11.6 Å². The molecule has 1 saturated heterocycles. The zero-order valence-electron chi connectivity index (χ0n) is 12.1. The van der Waals surface area contributed by atoms with Crippen LogP contribution in [0, 0.1) is 0 Å². The average Bonchev–Trinajstić information content (AvgIpc) is 2.84. The van der Waals surface area contributed by atoms with E-state index in [1.165, 1.54) is 0 Å². The van der Waals surface area contributed by atoms with Crippen LogP contribution in [0.15, 0.2) is 18.2 Å². The Morgan fingerprint density at radius 3 is 2.85 bits per heavy atom. The first kappa shape index (κ1) is 15.3. The second-order valence-corrected chi connectivity index (χ2v) is 5.53. The van der Waals surface area contributed by atoms with E-state index in [0.717, 1.165) is 13.0 Å². The van der Waals surface area contributed by atoms with Crippen LogP contribution in [0.1, 0.15) is 23.7 Å². The largest absolute Gasteiger partial charge is 0.495 e. The number of ether oxygens (including phenoxy) is 2. The molecule has 1 heterocycles. The summed E-state index contributed by atoms with van der Waals surface area (Å²) in [5.74, 6) is 0.630. The van der Waals surface area contributed by atoms with Gasteiger partial charge < -0.3 is 9.47 Å². The van der Waals surface area contributed by atoms with Crippen LogP contribution in [0.2, 0.25) is 5.02 Å². The molecule has 1 fully saturated rings. The van der Waals surface area contributed by atoms with Gasteiger partial charge in [0.2, 0.25) is 0 Å². The van der Waals surface area contributed by atoms with E-state index in [0.29, 0.717) is 28.9 Å². The molecule has 1 aromatic carbocycles. The monoisotopic (exact) mass is 297 g/mol. The first-order valence-corrected chi connectivity index (χ1v) is 7.09. The number of hydrogen-bond acceptors (Lipinski definition) is 4. The summed E-state index contributed by atoms with van der Waals surface area (Å²) in [5.41, 5.74) is 0.606. The highest BCUT2D eigenvalue weighted by Crippen LogP contribution is 2.25. The molecule has 0 saturated carbocycles. The highest BCUT2D eigenvalue weighted by atomic mass is 35.5. The summed E-state index contributed by atoms with van der Waals surface area (Å²) in [6, 6.07) is 5.42. The summed E-state index contributed by atoms with van der Waals surface area (Å²) in [5, 5.41) is 0.457. The van der Waals surface area contributed by atoms with E-state index in [1.54, 1.807) is 25.3 Å². The minimum atomic E-state index is 0.0520. The van der Waals surface area contributed by atoms with Gasteiger partial charge in [-0.25, -0.2) is 0 Å². The summed E-state index contributed by atoms with van der Waals surface area (Å²) < 4.78 is 10.6. The standard InChI is InChI=1S/C15H20ClNO3/c1-10-13(6-7-20-10)17(2)9-14(18)11-4-5-15(19-3)12(16)8-11/h4-5,8,10,13H,6-7,9H2,1-3H3. The molecule has 5 heteroatoms. The van der Waals surface area contributed by atoms with Crippen LogP contribution in [0.4, 0.5) is 0 Å². The molecular weight excluding hydrogens is 278 g/mol. The lowest BCUT2D eigenvalue weighted by Crippen LogP contribution is -2.39. The molecule has 2 unspecified atom stereocenters. The molecule has 2 atom stereocenters. The molecule has 0 amide bonds. The molecule has 2 rings (SSSR count). The minimum Gasteiger partial charge on any atom is -0.495 e. The Morgan fingerprint density at radius 1 is 1.55 bits per heavy atom. The molecule has 4 nitrogen and oxygen atoms in total. The first-order valence-electron chi connectivity index (χ1n) is 6.71. The maximum atomic E-state index is 12.3. The zero-order valence-corrected chi connectivity index (χ0v) is 12.8. The lowest BCUT2D eigenvalue weighted by atomic mass is 10.1. The number of methoxy groups -OCH3 is 1. The van der Waals surface area contributed by atoms with Crippen molar-refractivity contribution in [2.24, 2.45) is 0 Å². The summed E-state index contributed by atoms with van der Waals surface area (Å²) >= 11 is 6.05. The molecule has 0 aromatic heterocycles. The molecular formula is C15H20ClNO3. The minimum absolute atomic E-state index is 0.0520. The number of carbonyl (C=O) groups excluding carboxylic acids is 1. The Hall–Kier alpha value is -1.10. The quantitative estimate of drug-likeness (QED) is 0.783. The Labute approximate surface area is 124 Å². The van der Waals surface area contributed by atoms with Gasteiger partial charge in [0.05, 0.1) is 24.8 Å². The molecule has 1 aliphatic rings. The number of hydrogen-bond donors (Lipinski definition) is 0. The molecule has 0 aliphatic carbocycles. The summed E-state index contributed by atoms with van der Waals surface area (Å²) in [7, 11) is 3.51. The zero-order chi connectivity index (χ0) is 14.7. The van der Waals surface area contributed by atoms with Crippen LogP contribution in [0.25, 0.3) is 0 Å². The van der Waals surface area contributed by atoms with Gasteiger partial charge in [-0.05, 0) is 38.6 Å². The number of rotatable bonds is 5. The maximum absolute atomic E-state index is 12.3. The topological polar surface area (TPSA) is 38.8 Å². The van der Waals surface area contributed by atoms with Gasteiger partial charge >= 0.3 is 0 Å². The molecule has 0 spiro atoms. The Bertz CT molecular complexity index is 492. The third kappa shape index (κ3) is 3.32. The van der Waals surface area contributed by atoms with Crippen LogP contribution in [-0.4, -0.2) is 50.1 Å². The van der Waals surface area contributed by atoms with Crippen molar-refractivity contribution in [3.8, 4) is 5.75 Å². The number of carbonyl (C=O) groups is 1. The van der Waals surface area contributed by atoms with Crippen molar-refractivity contribution in [1.29, 1.82) is 0 Å². The fraction of sp³-hybridized carbons (Fsp3) is 0.533. The maximum Gasteiger partial charge on any atom is 0.176 e. The van der Waals surface area contributed by atoms with Gasteiger partial charge in [-0.3, -0.25) is 9.69 Å². The second kappa shape index (κ2) is 6.57. The SMILES string of the molecule is COc1ccc(C(=O)CN(C)C2CCOC2C)cc1Cl. The number of likely N-dealkylation sites (N-methyl/N-ethyl adjacent to an activating group) is 1. The fourth-order valence-electron chi connectivity index (χ4n) is 2.57. The lowest BCUT2D eigenvalue weighted by molar-refractivity contribution is 0.0745. The molecule has 0 N–H and O–H groups in total. The Morgan fingerprint density at radius 2 is 2.30 bits per heavy atom. The third-order valence-electron chi connectivity index (χ3n) is 3.77. The molecule has 20 heavy (non-hydrogen) atoms. The lowest BCUT2D eigenvalue weighted by Gasteiger charge is -2.25. The summed E-state index contributed by atoms with van der Waals surface area (Å²) in [6.07, 6.45) is 1.14. The van der Waals surface area contributed by atoms with E-state index >= 15 is 0 Å². The number of benzene rings is 1. The highest BCUT2D eigenvalue weighted by Gasteiger charge is 2.28. The van der Waals surface area contributed by atoms with Crippen molar-refractivity contribution in [1.82, 2.24) is 4.90 Å². The van der Waals surface area contributed by atoms with E-state index in [9.17, 15) is 4.79 Å².